The Hall–Kier alpha value is -4.31. The van der Waals surface area contributed by atoms with Crippen LogP contribution in [0.5, 0.6) is 0 Å². The van der Waals surface area contributed by atoms with Gasteiger partial charge >= 0.3 is 33.6 Å². The largest absolute Gasteiger partial charge is 0.472 e. The maximum atomic E-state index is 13.0. The first-order chi connectivity index (χ1) is 54.2. The molecule has 640 valence electrons. The summed E-state index contributed by atoms with van der Waals surface area (Å²) in [4.78, 5) is 58.8. The highest BCUT2D eigenvalue weighted by Gasteiger charge is 2.29. The number of unbranched alkanes of at least 4 members (excludes halogenated alkanes) is 39. The van der Waals surface area contributed by atoms with E-state index in [0.29, 0.717) is 19.3 Å². The molecule has 0 radical (unpaired) electrons. The Morgan fingerprint density at radius 2 is 0.477 bits per heavy atom. The summed E-state index contributed by atoms with van der Waals surface area (Å²) in [7, 11) is -9.80. The minimum absolute atomic E-state index is 0.0856. The molecule has 0 amide bonds. The highest BCUT2D eigenvalue weighted by atomic mass is 31.2. The van der Waals surface area contributed by atoms with Crippen molar-refractivity contribution in [2.24, 2.45) is 0 Å². The average Bonchev–Trinajstić information content (AvgIpc) is 0.904. The van der Waals surface area contributed by atoms with E-state index in [1.54, 1.807) is 0 Å². The fourth-order valence-electron chi connectivity index (χ4n) is 12.1. The predicted octanol–water partition coefficient (Wildman–Crippen LogP) is 27.0. The van der Waals surface area contributed by atoms with Crippen LogP contribution in [-0.2, 0) is 55.8 Å². The number of esters is 3. The lowest BCUT2D eigenvalue weighted by Crippen LogP contribution is -2.30. The van der Waals surface area contributed by atoms with Crippen LogP contribution < -0.4 is 0 Å². The number of aliphatic hydroxyl groups excluding tert-OH is 2. The molecular weight excluding hydrogens is 1430 g/mol. The van der Waals surface area contributed by atoms with E-state index in [1.165, 1.54) is 173 Å². The van der Waals surface area contributed by atoms with E-state index in [4.69, 9.17) is 32.3 Å². The van der Waals surface area contributed by atoms with Gasteiger partial charge in [-0.25, -0.2) is 9.13 Å². The van der Waals surface area contributed by atoms with E-state index < -0.39 is 91.5 Å². The summed E-state index contributed by atoms with van der Waals surface area (Å²) < 4.78 is 61.3. The number of phosphoric ester groups is 2. The third kappa shape index (κ3) is 86.4. The second kappa shape index (κ2) is 85.1. The quantitative estimate of drug-likeness (QED) is 0.0146. The number of carbonyl (C=O) groups excluding carboxylic acids is 3. The summed E-state index contributed by atoms with van der Waals surface area (Å²) in [6.07, 6.45) is 105. The highest BCUT2D eigenvalue weighted by Crippen LogP contribution is 2.45. The predicted molar refractivity (Wildman–Crippen MR) is 463 cm³/mol. The van der Waals surface area contributed by atoms with Gasteiger partial charge in [-0.05, 0) is 141 Å². The molecule has 0 saturated carbocycles. The van der Waals surface area contributed by atoms with Crippen LogP contribution in [0.25, 0.3) is 0 Å². The molecule has 4 N–H and O–H groups in total. The van der Waals surface area contributed by atoms with Gasteiger partial charge in [-0.15, -0.1) is 0 Å². The van der Waals surface area contributed by atoms with Gasteiger partial charge in [-0.3, -0.25) is 32.5 Å². The van der Waals surface area contributed by atoms with E-state index >= 15 is 0 Å². The highest BCUT2D eigenvalue weighted by molar-refractivity contribution is 7.47. The first kappa shape index (κ1) is 107. The van der Waals surface area contributed by atoms with Gasteiger partial charge in [-0.2, -0.15) is 0 Å². The van der Waals surface area contributed by atoms with Crippen molar-refractivity contribution < 1.29 is 75.8 Å². The van der Waals surface area contributed by atoms with Crippen LogP contribution in [0.3, 0.4) is 0 Å². The minimum Gasteiger partial charge on any atom is -0.463 e. The lowest BCUT2D eigenvalue weighted by atomic mass is 10.0. The van der Waals surface area contributed by atoms with Crippen molar-refractivity contribution >= 4 is 33.6 Å². The molecule has 0 saturated heterocycles. The summed E-state index contributed by atoms with van der Waals surface area (Å²) in [5.74, 6) is -1.59. The summed E-state index contributed by atoms with van der Waals surface area (Å²) in [6.45, 7) is 2.53. The zero-order chi connectivity index (χ0) is 80.8. The summed E-state index contributed by atoms with van der Waals surface area (Å²) in [6, 6.07) is 0. The Morgan fingerprint density at radius 1 is 0.261 bits per heavy atom. The van der Waals surface area contributed by atoms with Crippen molar-refractivity contribution in [1.29, 1.82) is 0 Å². The minimum atomic E-state index is -4.94. The maximum Gasteiger partial charge on any atom is 0.472 e. The molecule has 5 unspecified atom stereocenters. The van der Waals surface area contributed by atoms with Crippen molar-refractivity contribution in [3.63, 3.8) is 0 Å². The number of carbonyl (C=O) groups is 3. The molecule has 0 bridgehead atoms. The summed E-state index contributed by atoms with van der Waals surface area (Å²) in [5.41, 5.74) is 0. The third-order valence-electron chi connectivity index (χ3n) is 18.8. The fourth-order valence-corrected chi connectivity index (χ4v) is 13.7. The van der Waals surface area contributed by atoms with Crippen molar-refractivity contribution in [3.8, 4) is 0 Å². The molecule has 18 heteroatoms. The number of phosphoric acid groups is 2. The molecular formula is C93H162O16P2. The van der Waals surface area contributed by atoms with Crippen LogP contribution in [0.2, 0.25) is 0 Å². The molecule has 5 atom stereocenters. The average molecular weight is 1600 g/mol. The Morgan fingerprint density at radius 3 is 0.757 bits per heavy atom. The molecule has 0 aliphatic heterocycles. The van der Waals surface area contributed by atoms with Gasteiger partial charge in [0.05, 0.1) is 26.4 Å². The van der Waals surface area contributed by atoms with Crippen LogP contribution >= 0.6 is 15.6 Å². The number of hydrogen-bond donors (Lipinski definition) is 4. The van der Waals surface area contributed by atoms with E-state index in [0.717, 1.165) is 148 Å². The maximum absolute atomic E-state index is 13.0. The first-order valence-electron chi connectivity index (χ1n) is 44.5. The Labute approximate surface area is 677 Å². The number of ether oxygens (including phenoxy) is 3. The third-order valence-corrected chi connectivity index (χ3v) is 20.7. The van der Waals surface area contributed by atoms with Crippen LogP contribution in [0.15, 0.2) is 134 Å². The van der Waals surface area contributed by atoms with Gasteiger partial charge in [0, 0.05) is 19.3 Å². The van der Waals surface area contributed by atoms with Crippen LogP contribution in [0, 0.1) is 0 Å². The van der Waals surface area contributed by atoms with Gasteiger partial charge in [0.25, 0.3) is 0 Å². The number of allylic oxidation sites excluding steroid dienone is 22. The van der Waals surface area contributed by atoms with Crippen LogP contribution in [-0.4, -0.2) is 95.9 Å². The lowest BCUT2D eigenvalue weighted by molar-refractivity contribution is -0.161. The monoisotopic (exact) mass is 1600 g/mol. The van der Waals surface area contributed by atoms with Gasteiger partial charge in [0.15, 0.2) is 6.10 Å². The normalized spacial score (nSPS) is 14.5. The molecule has 0 aliphatic carbocycles. The van der Waals surface area contributed by atoms with E-state index in [9.17, 15) is 43.5 Å². The van der Waals surface area contributed by atoms with Crippen molar-refractivity contribution in [2.45, 2.75) is 399 Å². The van der Waals surface area contributed by atoms with Gasteiger partial charge in [-0.1, -0.05) is 353 Å². The molecule has 0 fully saturated rings. The molecule has 0 aromatic rings. The van der Waals surface area contributed by atoms with Gasteiger partial charge in [0.1, 0.15) is 25.4 Å². The Bertz CT molecular complexity index is 2550. The molecule has 111 heavy (non-hydrogen) atoms. The molecule has 0 spiro atoms. The molecule has 0 heterocycles. The summed E-state index contributed by atoms with van der Waals surface area (Å²) in [5, 5.41) is 20.7. The molecule has 0 aromatic carbocycles. The SMILES string of the molecule is CC/C=C\C/C=C\C/C=C\C/C=C\C/C=C\CCCCCCCCCCCC(=O)OCC(COP(=O)(O)OCC(O)COP(=O)(O)OCC(O)COC(=O)CCCCCCCCCCCCCCCCCCCCC/C=C\C/C=C\C/C=C\C/C=C\CCCCC)OC(=O)CCCCCCC/C=C\C/C=C\CCCCC. The van der Waals surface area contributed by atoms with E-state index in [-0.39, 0.29) is 19.3 Å². The van der Waals surface area contributed by atoms with Crippen LogP contribution in [0.4, 0.5) is 0 Å². The van der Waals surface area contributed by atoms with Gasteiger partial charge in [0.2, 0.25) is 0 Å². The number of rotatable bonds is 84. The van der Waals surface area contributed by atoms with Crippen molar-refractivity contribution in [3.05, 3.63) is 134 Å². The Balaban J connectivity index is 4.43. The van der Waals surface area contributed by atoms with Crippen LogP contribution in [0.1, 0.15) is 380 Å². The van der Waals surface area contributed by atoms with E-state index in [2.05, 4.69) is 154 Å². The van der Waals surface area contributed by atoms with Gasteiger partial charge < -0.3 is 34.2 Å². The van der Waals surface area contributed by atoms with Crippen molar-refractivity contribution in [2.75, 3.05) is 39.6 Å². The number of hydrogen-bond acceptors (Lipinski definition) is 14. The smallest absolute Gasteiger partial charge is 0.463 e. The Kier molecular flexibility index (Phi) is 81.8. The molecule has 0 rings (SSSR count). The molecule has 0 aromatic heterocycles. The second-order valence-corrected chi connectivity index (χ2v) is 32.6. The molecule has 16 nitrogen and oxygen atoms in total. The lowest BCUT2D eigenvalue weighted by Gasteiger charge is -2.21. The topological polar surface area (TPSA) is 231 Å². The summed E-state index contributed by atoms with van der Waals surface area (Å²) >= 11 is 0. The fraction of sp³-hybridized carbons (Fsp3) is 0.731. The second-order valence-electron chi connectivity index (χ2n) is 29.7. The first-order valence-corrected chi connectivity index (χ1v) is 47.5. The molecule has 0 aliphatic rings. The zero-order valence-electron chi connectivity index (χ0n) is 70.4. The van der Waals surface area contributed by atoms with E-state index in [1.807, 2.05) is 0 Å². The number of aliphatic hydroxyl groups is 2. The van der Waals surface area contributed by atoms with Crippen molar-refractivity contribution in [1.82, 2.24) is 0 Å². The zero-order valence-corrected chi connectivity index (χ0v) is 72.1. The standard InChI is InChI=1S/C93H162O16P2/c1-4-7-10-13-16-19-22-25-28-30-32-34-36-38-39-40-41-42-43-44-45-46-47-49-51-52-54-56-59-61-64-67-70-73-76-79-91(96)103-82-88(94)83-105-110(99,100)106-84-89(95)85-107-111(101,102)108-87-90(109-93(98)81-78-75-72-69-66-63-58-27-24-21-18-15-12-9-6-3)86-104-92(97)80-77-74-71-68-65-62-60-57-55-53-50-48-37-35-33-31-29-26-23-20-17-14-11-8-5-2/h8,11,16-21,25-29,32-35,38-39,48,50,58,88-90,94-95H,4-7,9-10,12-15,22-24,30-31,36-37,40-47,49,51-57,59-87H2,1-3H3,(H,99,100)(H,101,102)/b11-8-,19-16-,20-17-,21-18-,28-25-,29-26-,34-32-,35-33-,39-38-,50-48-,58-27-.